The molecule has 1 fully saturated rings. The largest absolute Gasteiger partial charge is 0.436 e. The van der Waals surface area contributed by atoms with Crippen molar-refractivity contribution < 1.29 is 14.0 Å². The zero-order chi connectivity index (χ0) is 25.2. The second-order valence-electron chi connectivity index (χ2n) is 9.77. The molecule has 1 aliphatic heterocycles. The summed E-state index contributed by atoms with van der Waals surface area (Å²) in [6.07, 6.45) is 1.61. The van der Waals surface area contributed by atoms with Crippen LogP contribution in [-0.2, 0) is 4.79 Å². The molecule has 1 saturated heterocycles. The van der Waals surface area contributed by atoms with Crippen molar-refractivity contribution in [1.82, 2.24) is 9.88 Å². The molecule has 184 valence electrons. The van der Waals surface area contributed by atoms with Gasteiger partial charge in [-0.1, -0.05) is 31.2 Å². The first-order valence-corrected chi connectivity index (χ1v) is 12.5. The van der Waals surface area contributed by atoms with Gasteiger partial charge in [0.2, 0.25) is 11.8 Å². The van der Waals surface area contributed by atoms with Crippen molar-refractivity contribution in [3.05, 3.63) is 83.4 Å². The summed E-state index contributed by atoms with van der Waals surface area (Å²) in [4.78, 5) is 32.6. The molecular weight excluding hydrogens is 450 g/mol. The smallest absolute Gasteiger partial charge is 0.253 e. The van der Waals surface area contributed by atoms with Gasteiger partial charge < -0.3 is 14.6 Å². The Hall–Kier alpha value is -3.93. The third kappa shape index (κ3) is 4.89. The van der Waals surface area contributed by atoms with Gasteiger partial charge in [0, 0.05) is 35.8 Å². The maximum atomic E-state index is 13.2. The highest BCUT2D eigenvalue weighted by atomic mass is 16.3. The number of aryl methyl sites for hydroxylation is 2. The molecule has 0 bridgehead atoms. The average Bonchev–Trinajstić information content (AvgIpc) is 3.34. The summed E-state index contributed by atoms with van der Waals surface area (Å²) in [5.74, 6) is 0.698. The van der Waals surface area contributed by atoms with Crippen LogP contribution in [0.4, 0.5) is 5.69 Å². The van der Waals surface area contributed by atoms with E-state index in [1.165, 1.54) is 5.56 Å². The van der Waals surface area contributed by atoms with Crippen LogP contribution in [0.5, 0.6) is 0 Å². The SMILES string of the molecule is Cc1ccc(NC(=O)[C@H](C)C2CCN(C(=O)c3ccc4oc(-c5ccccc5)nc4c3)CC2)cc1C. The van der Waals surface area contributed by atoms with E-state index in [-0.39, 0.29) is 23.7 Å². The van der Waals surface area contributed by atoms with Gasteiger partial charge in [-0.25, -0.2) is 4.98 Å². The first-order chi connectivity index (χ1) is 17.4. The number of rotatable bonds is 5. The summed E-state index contributed by atoms with van der Waals surface area (Å²) in [6, 6.07) is 21.1. The Bertz CT molecular complexity index is 1400. The summed E-state index contributed by atoms with van der Waals surface area (Å²) >= 11 is 0. The van der Waals surface area contributed by atoms with E-state index in [0.29, 0.717) is 35.6 Å². The minimum Gasteiger partial charge on any atom is -0.436 e. The Labute approximate surface area is 211 Å². The number of oxazole rings is 1. The number of fused-ring (bicyclic) bond motifs is 1. The number of aromatic nitrogens is 1. The predicted molar refractivity (Wildman–Crippen MR) is 142 cm³/mol. The van der Waals surface area contributed by atoms with Gasteiger partial charge in [-0.05, 0) is 86.2 Å². The molecule has 36 heavy (non-hydrogen) atoms. The molecule has 4 aromatic rings. The lowest BCUT2D eigenvalue weighted by molar-refractivity contribution is -0.121. The molecule has 6 nitrogen and oxygen atoms in total. The molecular formula is C30H31N3O3. The normalized spacial score (nSPS) is 15.1. The molecule has 0 aliphatic carbocycles. The molecule has 5 rings (SSSR count). The number of carbonyl (C=O) groups excluding carboxylic acids is 2. The number of benzene rings is 3. The summed E-state index contributed by atoms with van der Waals surface area (Å²) < 4.78 is 5.88. The van der Waals surface area contributed by atoms with Crippen LogP contribution in [-0.4, -0.2) is 34.8 Å². The minimum absolute atomic E-state index is 0.00755. The Kier molecular flexibility index (Phi) is 6.59. The number of amides is 2. The summed E-state index contributed by atoms with van der Waals surface area (Å²) in [7, 11) is 0. The fourth-order valence-corrected chi connectivity index (χ4v) is 4.84. The van der Waals surface area contributed by atoms with E-state index in [1.807, 2.05) is 73.3 Å². The lowest BCUT2D eigenvalue weighted by Crippen LogP contribution is -2.41. The number of likely N-dealkylation sites (tertiary alicyclic amines) is 1. The second kappa shape index (κ2) is 9.97. The highest BCUT2D eigenvalue weighted by molar-refractivity contribution is 5.97. The fraction of sp³-hybridized carbons (Fsp3) is 0.300. The van der Waals surface area contributed by atoms with Gasteiger partial charge in [0.1, 0.15) is 5.52 Å². The number of piperidine rings is 1. The van der Waals surface area contributed by atoms with Gasteiger partial charge in [0.05, 0.1) is 0 Å². The summed E-state index contributed by atoms with van der Waals surface area (Å²) in [5.41, 5.74) is 6.04. The van der Waals surface area contributed by atoms with E-state index < -0.39 is 0 Å². The zero-order valence-electron chi connectivity index (χ0n) is 21.0. The Balaban J connectivity index is 1.20. The molecule has 1 atom stereocenters. The van der Waals surface area contributed by atoms with Crippen LogP contribution in [0.3, 0.4) is 0 Å². The molecule has 2 amide bonds. The van der Waals surface area contributed by atoms with Crippen molar-refractivity contribution in [2.75, 3.05) is 18.4 Å². The molecule has 0 spiro atoms. The highest BCUT2D eigenvalue weighted by Crippen LogP contribution is 2.29. The van der Waals surface area contributed by atoms with Crippen molar-refractivity contribution >= 4 is 28.6 Å². The lowest BCUT2D eigenvalue weighted by Gasteiger charge is -2.34. The average molecular weight is 482 g/mol. The Morgan fingerprint density at radius 2 is 1.72 bits per heavy atom. The molecule has 1 aromatic heterocycles. The number of anilines is 1. The predicted octanol–water partition coefficient (Wildman–Crippen LogP) is 6.24. The monoisotopic (exact) mass is 481 g/mol. The first-order valence-electron chi connectivity index (χ1n) is 12.5. The van der Waals surface area contributed by atoms with E-state index in [0.717, 1.165) is 29.7 Å². The fourth-order valence-electron chi connectivity index (χ4n) is 4.84. The molecule has 6 heteroatoms. The highest BCUT2D eigenvalue weighted by Gasteiger charge is 2.30. The van der Waals surface area contributed by atoms with Gasteiger partial charge >= 0.3 is 0 Å². The molecule has 1 aliphatic rings. The number of carbonyl (C=O) groups is 2. The molecule has 1 N–H and O–H groups in total. The maximum Gasteiger partial charge on any atom is 0.253 e. The van der Waals surface area contributed by atoms with Gasteiger partial charge in [0.25, 0.3) is 5.91 Å². The van der Waals surface area contributed by atoms with E-state index in [2.05, 4.69) is 17.2 Å². The van der Waals surface area contributed by atoms with E-state index >= 15 is 0 Å². The van der Waals surface area contributed by atoms with Gasteiger partial charge in [-0.15, -0.1) is 0 Å². The lowest BCUT2D eigenvalue weighted by atomic mass is 9.84. The topological polar surface area (TPSA) is 75.4 Å². The van der Waals surface area contributed by atoms with E-state index in [1.54, 1.807) is 12.1 Å². The van der Waals surface area contributed by atoms with Crippen molar-refractivity contribution in [3.8, 4) is 11.5 Å². The number of nitrogens with zero attached hydrogens (tertiary/aromatic N) is 2. The van der Waals surface area contributed by atoms with Crippen molar-refractivity contribution in [2.45, 2.75) is 33.6 Å². The zero-order valence-corrected chi connectivity index (χ0v) is 21.0. The standard InChI is InChI=1S/C30H31N3O3/c1-19-9-11-25(17-20(19)2)31-28(34)21(3)22-13-15-33(16-14-22)30(35)24-10-12-27-26(18-24)32-29(36-27)23-7-5-4-6-8-23/h4-12,17-18,21-22H,13-16H2,1-3H3,(H,31,34)/t21-/m1/s1. The summed E-state index contributed by atoms with van der Waals surface area (Å²) in [6.45, 7) is 7.36. The van der Waals surface area contributed by atoms with E-state index in [9.17, 15) is 9.59 Å². The van der Waals surface area contributed by atoms with Crippen molar-refractivity contribution in [1.29, 1.82) is 0 Å². The van der Waals surface area contributed by atoms with Crippen molar-refractivity contribution in [2.24, 2.45) is 11.8 Å². The van der Waals surface area contributed by atoms with Gasteiger partial charge in [-0.3, -0.25) is 9.59 Å². The van der Waals surface area contributed by atoms with Crippen LogP contribution in [0, 0.1) is 25.7 Å². The summed E-state index contributed by atoms with van der Waals surface area (Å²) in [5, 5.41) is 3.06. The van der Waals surface area contributed by atoms with Gasteiger partial charge in [-0.2, -0.15) is 0 Å². The minimum atomic E-state index is -0.119. The third-order valence-corrected chi connectivity index (χ3v) is 7.38. The Morgan fingerprint density at radius 1 is 0.972 bits per heavy atom. The quantitative estimate of drug-likeness (QED) is 0.366. The molecule has 0 saturated carbocycles. The van der Waals surface area contributed by atoms with Crippen LogP contribution in [0.2, 0.25) is 0 Å². The van der Waals surface area contributed by atoms with E-state index in [4.69, 9.17) is 4.42 Å². The molecule has 0 radical (unpaired) electrons. The second-order valence-corrected chi connectivity index (χ2v) is 9.77. The first kappa shape index (κ1) is 23.8. The number of hydrogen-bond acceptors (Lipinski definition) is 4. The van der Waals surface area contributed by atoms with Crippen LogP contribution in [0.25, 0.3) is 22.6 Å². The third-order valence-electron chi connectivity index (χ3n) is 7.38. The molecule has 0 unspecified atom stereocenters. The van der Waals surface area contributed by atoms with Crippen LogP contribution in [0.1, 0.15) is 41.3 Å². The molecule has 2 heterocycles. The number of hydrogen-bond donors (Lipinski definition) is 1. The molecule has 3 aromatic carbocycles. The van der Waals surface area contributed by atoms with Gasteiger partial charge in [0.15, 0.2) is 5.58 Å². The van der Waals surface area contributed by atoms with Crippen LogP contribution in [0.15, 0.2) is 71.1 Å². The number of nitrogens with one attached hydrogen (secondary N) is 1. The van der Waals surface area contributed by atoms with Crippen LogP contribution < -0.4 is 5.32 Å². The maximum absolute atomic E-state index is 13.2. The van der Waals surface area contributed by atoms with Crippen LogP contribution >= 0.6 is 0 Å². The Morgan fingerprint density at radius 3 is 2.44 bits per heavy atom. The van der Waals surface area contributed by atoms with Crippen molar-refractivity contribution in [3.63, 3.8) is 0 Å².